The second-order valence-electron chi connectivity index (χ2n) is 0.204. The summed E-state index contributed by atoms with van der Waals surface area (Å²) >= 11 is 0. The average Bonchev–Trinajstić information content (AvgIpc) is 1.70. The zero-order chi connectivity index (χ0) is 8.12. The predicted molar refractivity (Wildman–Crippen MR) is 9.01 cm³/mol. The van der Waals surface area contributed by atoms with Gasteiger partial charge in [0.2, 0.25) is 0 Å². The van der Waals surface area contributed by atoms with Gasteiger partial charge < -0.3 is 46.7 Å². The van der Waals surface area contributed by atoms with Crippen LogP contribution in [0.2, 0.25) is 0 Å². The van der Waals surface area contributed by atoms with E-state index in [2.05, 4.69) is 0 Å². The molecule has 0 amide bonds. The zero-order valence-electron chi connectivity index (χ0n) is 4.88. The normalized spacial score (nSPS) is 4.91. The third-order valence-electron chi connectivity index (χ3n) is 0. The molecule has 0 atom stereocenters. The molecule has 0 saturated carbocycles. The number of hydrogen-bond acceptors (Lipinski definition) is 9. The first-order valence-electron chi connectivity index (χ1n) is 1.00. The van der Waals surface area contributed by atoms with E-state index in [0.29, 0.717) is 0 Å². The Morgan fingerprint density at radius 3 is 0.545 bits per heavy atom. The molecule has 9 nitrogen and oxygen atoms in total. The van der Waals surface area contributed by atoms with Gasteiger partial charge in [0.25, 0.3) is 0 Å². The summed E-state index contributed by atoms with van der Waals surface area (Å²) in [6.45, 7) is 0. The van der Waals surface area contributed by atoms with Gasteiger partial charge in [0, 0.05) is 0 Å². The van der Waals surface area contributed by atoms with Crippen molar-refractivity contribution >= 4 is 37.7 Å². The van der Waals surface area contributed by atoms with Crippen LogP contribution in [-0.4, -0.2) is 37.7 Å². The average molecular weight is 232 g/mol. The first-order valence-corrected chi connectivity index (χ1v) is 1.00. The predicted octanol–water partition coefficient (Wildman–Crippen LogP) is -7.72. The molecule has 0 aromatic carbocycles. The largest absolute Gasteiger partial charge is 4.00 e. The maximum atomic E-state index is 7.88. The van der Waals surface area contributed by atoms with Crippen molar-refractivity contribution in [3.05, 3.63) is 0 Å². The molecule has 0 spiro atoms. The van der Waals surface area contributed by atoms with Gasteiger partial charge in [0.05, 0.1) is 0 Å². The topological polar surface area (TPSA) is 166 Å². The van der Waals surface area contributed by atoms with Crippen LogP contribution in [0.4, 0.5) is 0 Å². The molecule has 0 rings (SSSR count). The van der Waals surface area contributed by atoms with E-state index in [4.69, 9.17) is 31.5 Å². The Kier molecular flexibility index (Phi) is 164. The molecule has 0 heterocycles. The summed E-state index contributed by atoms with van der Waals surface area (Å²) in [5.74, 6) is 0. The number of rotatable bonds is 0. The van der Waals surface area contributed by atoms with Crippen LogP contribution in [0.5, 0.6) is 0 Å². The van der Waals surface area contributed by atoms with E-state index in [1.54, 1.807) is 15.1 Å². The molecule has 0 aliphatic heterocycles. The molecule has 0 aromatic rings. The minimum atomic E-state index is 0. The van der Waals surface area contributed by atoms with Gasteiger partial charge in [-0.2, -0.15) is 0 Å². The molecule has 0 fully saturated rings. The van der Waals surface area contributed by atoms with Crippen LogP contribution < -0.4 is 31.5 Å². The van der Waals surface area contributed by atoms with Crippen LogP contribution in [0.3, 0.4) is 0 Å². The molecule has 11 heteroatoms. The second-order valence-corrected chi connectivity index (χ2v) is 0.204. The van der Waals surface area contributed by atoms with Gasteiger partial charge in [0.1, 0.15) is 0 Å². The van der Waals surface area contributed by atoms with Gasteiger partial charge >= 0.3 is 59.5 Å². The summed E-state index contributed by atoms with van der Waals surface area (Å²) in [4.78, 5) is 0. The summed E-state index contributed by atoms with van der Waals surface area (Å²) in [6, 6.07) is 0. The van der Waals surface area contributed by atoms with Gasteiger partial charge in [-0.05, 0) is 0 Å². The first-order chi connectivity index (χ1) is 4.24. The molecule has 0 bridgehead atoms. The Bertz CT molecular complexity index is 14.3. The summed E-state index contributed by atoms with van der Waals surface area (Å²) in [6.07, 6.45) is 0. The van der Waals surface area contributed by atoms with Crippen molar-refractivity contribution in [1.29, 1.82) is 0 Å². The maximum Gasteiger partial charge on any atom is 4.00 e. The van der Waals surface area contributed by atoms with Gasteiger partial charge in [-0.25, -0.2) is 0 Å². The van der Waals surface area contributed by atoms with E-state index in [1.807, 2.05) is 0 Å². The summed E-state index contributed by atoms with van der Waals surface area (Å²) in [7, 11) is 0. The fraction of sp³-hybridized carbons (Fsp3) is 0. The van der Waals surface area contributed by atoms with Crippen LogP contribution in [0, 0.1) is 0 Å². The van der Waals surface area contributed by atoms with Crippen LogP contribution in [0.15, 0.2) is 0 Å². The molecule has 0 saturated heterocycles. The quantitative estimate of drug-likeness (QED) is 0.223. The van der Waals surface area contributed by atoms with Gasteiger partial charge in [-0.3, -0.25) is 0 Å². The minimum Gasteiger partial charge on any atom is -0.734 e. The van der Waals surface area contributed by atoms with E-state index in [-0.39, 0.29) is 59.5 Å². The van der Waals surface area contributed by atoms with Crippen molar-refractivity contribution in [2.75, 3.05) is 0 Å². The Morgan fingerprint density at radius 2 is 0.545 bits per heavy atom. The molecule has 0 aromatic heterocycles. The van der Waals surface area contributed by atoms with Crippen LogP contribution in [0.25, 0.3) is 0 Å². The molecular formula is CaO9Ti. The van der Waals surface area contributed by atoms with E-state index >= 15 is 0 Å². The number of hydrogen-bond donors (Lipinski definition) is 0. The molecular weight excluding hydrogens is 232 g/mol. The summed E-state index contributed by atoms with van der Waals surface area (Å²) in [5.41, 5.74) is 0. The Hall–Kier alpha value is 1.61. The van der Waals surface area contributed by atoms with E-state index in [0.717, 1.165) is 0 Å². The fourth-order valence-corrected chi connectivity index (χ4v) is 0. The van der Waals surface area contributed by atoms with Crippen molar-refractivity contribution in [2.45, 2.75) is 0 Å². The summed E-state index contributed by atoms with van der Waals surface area (Å²) in [5, 5.41) is 52.5. The standard InChI is InChI=1S/Ca.3H2O3.Ti/c;3*1-3-2;/h;3*1-2H;/q+2;;;;+4/p-6. The van der Waals surface area contributed by atoms with Crippen molar-refractivity contribution in [1.82, 2.24) is 0 Å². The van der Waals surface area contributed by atoms with Gasteiger partial charge in [-0.15, -0.1) is 0 Å². The SMILES string of the molecule is [Ca+2].[O-]O[O-].[O-]O[O-].[O-]O[O-].[Ti+4]. The Balaban J connectivity index is -0.0000000150. The van der Waals surface area contributed by atoms with E-state index < -0.39 is 0 Å². The monoisotopic (exact) mass is 232 g/mol. The molecule has 11 heavy (non-hydrogen) atoms. The van der Waals surface area contributed by atoms with Gasteiger partial charge in [0.15, 0.2) is 0 Å². The van der Waals surface area contributed by atoms with Crippen LogP contribution in [-0.2, 0) is 36.8 Å². The maximum absolute atomic E-state index is 7.88. The minimum absolute atomic E-state index is 0. The Morgan fingerprint density at radius 1 is 0.545 bits per heavy atom. The molecule has 60 valence electrons. The van der Waals surface area contributed by atoms with Gasteiger partial charge in [-0.1, -0.05) is 0 Å². The van der Waals surface area contributed by atoms with Crippen molar-refractivity contribution in [3.8, 4) is 0 Å². The second kappa shape index (κ2) is 61.5. The smallest absolute Gasteiger partial charge is 0.734 e. The summed E-state index contributed by atoms with van der Waals surface area (Å²) < 4.78 is 0. The molecule has 0 N–H and O–H groups in total. The third kappa shape index (κ3) is 412. The Labute approximate surface area is 105 Å². The first kappa shape index (κ1) is 29.3. The van der Waals surface area contributed by atoms with Crippen LogP contribution >= 0.6 is 0 Å². The van der Waals surface area contributed by atoms with Crippen molar-refractivity contribution in [2.24, 2.45) is 0 Å². The fourth-order valence-electron chi connectivity index (χ4n) is 0. The molecule has 0 unspecified atom stereocenters. The zero-order valence-corrected chi connectivity index (χ0v) is 8.65. The van der Waals surface area contributed by atoms with E-state index in [9.17, 15) is 0 Å². The van der Waals surface area contributed by atoms with Crippen molar-refractivity contribution in [3.63, 3.8) is 0 Å². The van der Waals surface area contributed by atoms with Crippen molar-refractivity contribution < 1.29 is 68.4 Å². The van der Waals surface area contributed by atoms with Crippen LogP contribution in [0.1, 0.15) is 0 Å². The van der Waals surface area contributed by atoms with E-state index in [1.165, 1.54) is 0 Å². The molecule has 0 radical (unpaired) electrons. The molecule has 0 aliphatic rings. The third-order valence-corrected chi connectivity index (χ3v) is 0. The molecule has 0 aliphatic carbocycles.